The first kappa shape index (κ1) is 24.6. The van der Waals surface area contributed by atoms with Gasteiger partial charge in [0.2, 0.25) is 5.95 Å². The fourth-order valence-electron chi connectivity index (χ4n) is 3.83. The van der Waals surface area contributed by atoms with Crippen LogP contribution in [-0.4, -0.2) is 42.7 Å². The normalized spacial score (nSPS) is 16.5. The zero-order valence-corrected chi connectivity index (χ0v) is 19.7. The lowest BCUT2D eigenvalue weighted by atomic mass is 10.1. The van der Waals surface area contributed by atoms with Gasteiger partial charge < -0.3 is 9.29 Å². The lowest BCUT2D eigenvalue weighted by molar-refractivity contribution is 0.343. The predicted molar refractivity (Wildman–Crippen MR) is 129 cm³/mol. The van der Waals surface area contributed by atoms with Gasteiger partial charge in [-0.15, -0.1) is 4.31 Å². The Morgan fingerprint density at radius 3 is 2.73 bits per heavy atom. The molecule has 0 radical (unpaired) electrons. The summed E-state index contributed by atoms with van der Waals surface area (Å²) in [5.74, 6) is -1.97. The Hall–Kier alpha value is -4.12. The van der Waals surface area contributed by atoms with E-state index in [4.69, 9.17) is 4.74 Å². The van der Waals surface area contributed by atoms with Crippen molar-refractivity contribution < 1.29 is 22.5 Å². The van der Waals surface area contributed by atoms with Gasteiger partial charge in [0.15, 0.2) is 23.1 Å². The van der Waals surface area contributed by atoms with E-state index in [-0.39, 0.29) is 47.6 Å². The lowest BCUT2D eigenvalue weighted by Crippen LogP contribution is -2.34. The van der Waals surface area contributed by atoms with Gasteiger partial charge in [0.1, 0.15) is 35.6 Å². The second-order valence-electron chi connectivity index (χ2n) is 8.08. The Morgan fingerprint density at radius 1 is 1.19 bits per heavy atom. The molecule has 188 valence electrons. The predicted octanol–water partition coefficient (Wildman–Crippen LogP) is 3.76. The second-order valence-corrected chi connectivity index (χ2v) is 9.29. The number of nitrogens with zero attached hydrogens (tertiary/aromatic N) is 5. The van der Waals surface area contributed by atoms with Crippen LogP contribution in [0.5, 0.6) is 11.5 Å². The van der Waals surface area contributed by atoms with E-state index < -0.39 is 40.8 Å². The van der Waals surface area contributed by atoms with Crippen LogP contribution >= 0.6 is 0 Å². The van der Waals surface area contributed by atoms with E-state index in [2.05, 4.69) is 14.7 Å². The number of aromatic nitrogens is 3. The van der Waals surface area contributed by atoms with E-state index in [0.717, 1.165) is 12.1 Å². The molecular weight excluding hydrogens is 509 g/mol. The van der Waals surface area contributed by atoms with Crippen LogP contribution in [0.25, 0.3) is 16.6 Å². The van der Waals surface area contributed by atoms with Crippen molar-refractivity contribution in [1.82, 2.24) is 18.8 Å². The fourth-order valence-corrected chi connectivity index (χ4v) is 4.88. The minimum absolute atomic E-state index is 0.0251. The molecule has 0 amide bonds. The molecule has 2 unspecified atom stereocenters. The number of ether oxygens (including phenoxy) is 1. The van der Waals surface area contributed by atoms with Gasteiger partial charge in [-0.3, -0.25) is 9.36 Å². The summed E-state index contributed by atoms with van der Waals surface area (Å²) in [7, 11) is 0. The van der Waals surface area contributed by atoms with Gasteiger partial charge in [-0.25, -0.2) is 18.7 Å². The number of hydrogen-bond acceptors (Lipinski definition) is 8. The number of nitriles is 1. The molecule has 4 aromatic rings. The largest absolute Gasteiger partial charge is 0.573 e. The molecule has 0 saturated carbocycles. The van der Waals surface area contributed by atoms with Crippen LogP contribution in [0.4, 0.5) is 18.9 Å². The number of rotatable bonds is 6. The maximum Gasteiger partial charge on any atom is 0.265 e. The topological polar surface area (TPSA) is 119 Å². The van der Waals surface area contributed by atoms with Gasteiger partial charge in [0.25, 0.3) is 5.56 Å². The third-order valence-electron chi connectivity index (χ3n) is 5.69. The van der Waals surface area contributed by atoms with Crippen molar-refractivity contribution in [3.63, 3.8) is 0 Å². The van der Waals surface area contributed by atoms with Crippen molar-refractivity contribution >= 4 is 28.1 Å². The molecule has 1 fully saturated rings. The van der Waals surface area contributed by atoms with Gasteiger partial charge in [-0.2, -0.15) is 14.4 Å². The average molecular weight is 527 g/mol. The molecule has 37 heavy (non-hydrogen) atoms. The van der Waals surface area contributed by atoms with Crippen molar-refractivity contribution in [2.75, 3.05) is 17.8 Å². The lowest BCUT2D eigenvalue weighted by Gasteiger charge is -2.20. The summed E-state index contributed by atoms with van der Waals surface area (Å²) in [6.45, 7) is 0.243. The number of anilines is 1. The summed E-state index contributed by atoms with van der Waals surface area (Å²) in [6.07, 6.45) is 1.60. The van der Waals surface area contributed by atoms with Crippen molar-refractivity contribution in [3.8, 4) is 23.3 Å². The molecule has 0 spiro atoms. The molecule has 3 heterocycles. The Labute approximate surface area is 211 Å². The summed E-state index contributed by atoms with van der Waals surface area (Å²) < 4.78 is 64.8. The Morgan fingerprint density at radius 2 is 2.03 bits per heavy atom. The van der Waals surface area contributed by atoms with E-state index >= 15 is 0 Å². The van der Waals surface area contributed by atoms with Crippen molar-refractivity contribution in [1.29, 1.82) is 5.26 Å². The molecule has 0 aliphatic carbocycles. The van der Waals surface area contributed by atoms with Crippen LogP contribution in [0, 0.1) is 23.1 Å². The summed E-state index contributed by atoms with van der Waals surface area (Å²) in [5, 5.41) is 9.83. The highest BCUT2D eigenvalue weighted by atomic mass is 32.2. The SMILES string of the molecule is N#Cc1c(N[S+]([O-])N2CCC(F)C2)ccc(F)c1Oc1ccc2ncn(-c3ccc(F)nc3)c(=O)c2c1. The quantitative estimate of drug-likeness (QED) is 0.298. The van der Waals surface area contributed by atoms with Crippen LogP contribution in [-0.2, 0) is 11.5 Å². The first-order valence-corrected chi connectivity index (χ1v) is 12.1. The Bertz CT molecular complexity index is 1580. The monoisotopic (exact) mass is 526 g/mol. The molecule has 1 saturated heterocycles. The first-order chi connectivity index (χ1) is 17.8. The van der Waals surface area contributed by atoms with E-state index in [0.29, 0.717) is 5.52 Å². The molecule has 2 atom stereocenters. The Balaban J connectivity index is 1.48. The number of pyridine rings is 1. The van der Waals surface area contributed by atoms with Crippen LogP contribution in [0.1, 0.15) is 12.0 Å². The van der Waals surface area contributed by atoms with Crippen LogP contribution in [0.3, 0.4) is 0 Å². The molecule has 2 aromatic heterocycles. The first-order valence-electron chi connectivity index (χ1n) is 11.0. The minimum Gasteiger partial charge on any atom is -0.573 e. The molecule has 9 nitrogen and oxygen atoms in total. The second kappa shape index (κ2) is 10.1. The molecule has 1 aliphatic rings. The summed E-state index contributed by atoms with van der Waals surface area (Å²) in [4.78, 5) is 20.8. The fraction of sp³-hybridized carbons (Fsp3) is 0.167. The van der Waals surface area contributed by atoms with E-state index in [9.17, 15) is 27.8 Å². The van der Waals surface area contributed by atoms with Gasteiger partial charge in [-0.05, 0) is 48.9 Å². The Kier molecular flexibility index (Phi) is 6.70. The summed E-state index contributed by atoms with van der Waals surface area (Å²) in [5.41, 5.74) is -0.118. The summed E-state index contributed by atoms with van der Waals surface area (Å²) >= 11 is -1.85. The van der Waals surface area contributed by atoms with E-state index in [1.807, 2.05) is 6.07 Å². The van der Waals surface area contributed by atoms with E-state index in [1.165, 1.54) is 51.7 Å². The van der Waals surface area contributed by atoms with Gasteiger partial charge in [0, 0.05) is 6.54 Å². The zero-order valence-electron chi connectivity index (χ0n) is 18.9. The van der Waals surface area contributed by atoms with Crippen molar-refractivity contribution in [3.05, 3.63) is 82.7 Å². The van der Waals surface area contributed by atoms with E-state index in [1.54, 1.807) is 0 Å². The molecule has 1 aliphatic heterocycles. The van der Waals surface area contributed by atoms with Gasteiger partial charge in [0.05, 0.1) is 29.3 Å². The molecule has 1 N–H and O–H groups in total. The maximum absolute atomic E-state index is 14.7. The summed E-state index contributed by atoms with van der Waals surface area (Å²) in [6, 6.07) is 10.9. The highest BCUT2D eigenvalue weighted by molar-refractivity contribution is 7.90. The highest BCUT2D eigenvalue weighted by Crippen LogP contribution is 2.34. The number of nitrogens with one attached hydrogen (secondary N) is 1. The number of benzene rings is 2. The zero-order chi connectivity index (χ0) is 26.1. The van der Waals surface area contributed by atoms with Crippen molar-refractivity contribution in [2.24, 2.45) is 0 Å². The number of halogens is 3. The molecular formula is C24H17F3N6O3S. The number of hydrogen-bond donors (Lipinski definition) is 1. The highest BCUT2D eigenvalue weighted by Gasteiger charge is 2.32. The minimum atomic E-state index is -1.85. The molecule has 2 aromatic carbocycles. The molecule has 13 heteroatoms. The van der Waals surface area contributed by atoms with Crippen LogP contribution in [0.15, 0.2) is 59.8 Å². The third-order valence-corrected chi connectivity index (χ3v) is 6.88. The van der Waals surface area contributed by atoms with Gasteiger partial charge >= 0.3 is 0 Å². The number of alkyl halides is 1. The smallest absolute Gasteiger partial charge is 0.265 e. The molecule has 0 bridgehead atoms. The van der Waals surface area contributed by atoms with Crippen molar-refractivity contribution in [2.45, 2.75) is 12.6 Å². The average Bonchev–Trinajstić information content (AvgIpc) is 3.34. The standard InChI is InChI=1S/C24H17F3N6O3S/c25-14-7-8-32(12-14)37(35)31-21-5-3-19(26)23(18(21)10-28)36-16-2-4-20-17(9-16)24(34)33(13-30-20)15-1-6-22(27)29-11-15/h1-6,9,11,13-14,31H,7-8,12H2. The van der Waals surface area contributed by atoms with Crippen LogP contribution in [0.2, 0.25) is 0 Å². The third kappa shape index (κ3) is 4.94. The molecule has 5 rings (SSSR count). The maximum atomic E-state index is 14.7. The van der Waals surface area contributed by atoms with Gasteiger partial charge in [-0.1, -0.05) is 0 Å². The van der Waals surface area contributed by atoms with Crippen LogP contribution < -0.4 is 15.0 Å². The number of fused-ring (bicyclic) bond motifs is 1.